The molecule has 8 nitrogen and oxygen atoms in total. The van der Waals surface area contributed by atoms with Crippen molar-refractivity contribution in [3.8, 4) is 0 Å². The highest BCUT2D eigenvalue weighted by molar-refractivity contribution is 7.99. The zero-order chi connectivity index (χ0) is 23.8. The van der Waals surface area contributed by atoms with Crippen LogP contribution < -0.4 is 5.56 Å². The Balaban J connectivity index is 1.38. The van der Waals surface area contributed by atoms with Crippen molar-refractivity contribution in [2.24, 2.45) is 0 Å². The summed E-state index contributed by atoms with van der Waals surface area (Å²) in [5, 5.41) is 10.5. The second-order valence-electron chi connectivity index (χ2n) is 8.98. The van der Waals surface area contributed by atoms with Gasteiger partial charge in [-0.1, -0.05) is 42.1 Å². The van der Waals surface area contributed by atoms with E-state index in [0.29, 0.717) is 50.8 Å². The number of amides is 1. The van der Waals surface area contributed by atoms with Gasteiger partial charge in [-0.05, 0) is 36.8 Å². The fraction of sp³-hybridized carbons (Fsp3) is 0.440. The second kappa shape index (κ2) is 9.75. The van der Waals surface area contributed by atoms with Crippen LogP contribution in [0.25, 0.3) is 16.0 Å². The number of ether oxygens (including phenoxy) is 1. The van der Waals surface area contributed by atoms with Crippen LogP contribution in [0, 0.1) is 0 Å². The Labute approximate surface area is 210 Å². The molecule has 6 rings (SSSR count). The zero-order valence-electron chi connectivity index (χ0n) is 19.4. The Bertz CT molecular complexity index is 1440. The van der Waals surface area contributed by atoms with E-state index in [1.165, 1.54) is 22.2 Å². The Kier molecular flexibility index (Phi) is 6.34. The highest BCUT2D eigenvalue weighted by Crippen LogP contribution is 2.36. The third kappa shape index (κ3) is 4.28. The van der Waals surface area contributed by atoms with Gasteiger partial charge in [-0.15, -0.1) is 21.5 Å². The van der Waals surface area contributed by atoms with Crippen molar-refractivity contribution in [2.45, 2.75) is 43.8 Å². The molecule has 182 valence electrons. The van der Waals surface area contributed by atoms with E-state index in [9.17, 15) is 9.59 Å². The van der Waals surface area contributed by atoms with Gasteiger partial charge in [-0.25, -0.2) is 4.40 Å². The van der Waals surface area contributed by atoms with Gasteiger partial charge in [0.2, 0.25) is 11.7 Å². The van der Waals surface area contributed by atoms with Crippen LogP contribution in [0.4, 0.5) is 0 Å². The fourth-order valence-electron chi connectivity index (χ4n) is 4.97. The third-order valence-electron chi connectivity index (χ3n) is 6.77. The molecule has 0 atom stereocenters. The van der Waals surface area contributed by atoms with Gasteiger partial charge in [0, 0.05) is 30.1 Å². The quantitative estimate of drug-likeness (QED) is 0.371. The van der Waals surface area contributed by atoms with Crippen LogP contribution >= 0.6 is 23.1 Å². The second-order valence-corrected chi connectivity index (χ2v) is 11.1. The molecule has 1 aliphatic carbocycles. The average Bonchev–Trinajstić information content (AvgIpc) is 3.49. The number of morpholine rings is 1. The molecule has 0 bridgehead atoms. The highest BCUT2D eigenvalue weighted by atomic mass is 32.2. The number of thioether (sulfide) groups is 1. The number of nitrogens with zero attached hydrogens (tertiary/aromatic N) is 5. The van der Waals surface area contributed by atoms with E-state index in [1.54, 1.807) is 15.9 Å². The lowest BCUT2D eigenvalue weighted by Crippen LogP contribution is -2.40. The molecule has 0 saturated carbocycles. The molecule has 10 heteroatoms. The maximum absolute atomic E-state index is 13.8. The van der Waals surface area contributed by atoms with E-state index in [-0.39, 0.29) is 11.5 Å². The van der Waals surface area contributed by atoms with Crippen molar-refractivity contribution in [1.29, 1.82) is 0 Å². The number of carbonyl (C=O) groups excluding carboxylic acids is 1. The van der Waals surface area contributed by atoms with E-state index in [4.69, 9.17) is 4.74 Å². The summed E-state index contributed by atoms with van der Waals surface area (Å²) in [6.07, 6.45) is 4.68. The van der Waals surface area contributed by atoms with Crippen LogP contribution in [0.5, 0.6) is 0 Å². The van der Waals surface area contributed by atoms with E-state index < -0.39 is 0 Å². The van der Waals surface area contributed by atoms with E-state index in [0.717, 1.165) is 46.6 Å². The van der Waals surface area contributed by atoms with Gasteiger partial charge >= 0.3 is 0 Å². The molecule has 35 heavy (non-hydrogen) atoms. The first-order valence-electron chi connectivity index (χ1n) is 12.1. The number of aryl methyl sites for hydroxylation is 2. The van der Waals surface area contributed by atoms with E-state index in [2.05, 4.69) is 10.2 Å². The Hall–Kier alpha value is -2.69. The number of thiophene rings is 1. The molecule has 3 aromatic heterocycles. The first-order chi connectivity index (χ1) is 17.2. The molecule has 1 saturated heterocycles. The monoisotopic (exact) mass is 509 g/mol. The lowest BCUT2D eigenvalue weighted by molar-refractivity contribution is -0.134. The number of rotatable bonds is 6. The summed E-state index contributed by atoms with van der Waals surface area (Å²) < 4.78 is 9.16. The molecule has 2 aliphatic rings. The van der Waals surface area contributed by atoms with Gasteiger partial charge in [0.25, 0.3) is 5.56 Å². The van der Waals surface area contributed by atoms with Gasteiger partial charge in [0.15, 0.2) is 5.16 Å². The van der Waals surface area contributed by atoms with Gasteiger partial charge in [-0.2, -0.15) is 0 Å². The number of benzene rings is 1. The third-order valence-corrected chi connectivity index (χ3v) is 8.97. The summed E-state index contributed by atoms with van der Waals surface area (Å²) in [5.74, 6) is 1.32. The fourth-order valence-corrected chi connectivity index (χ4v) is 7.27. The van der Waals surface area contributed by atoms with Gasteiger partial charge in [0.1, 0.15) is 4.83 Å². The number of hydrogen-bond acceptors (Lipinski definition) is 7. The summed E-state index contributed by atoms with van der Waals surface area (Å²) >= 11 is 3.24. The molecule has 1 amide bonds. The lowest BCUT2D eigenvalue weighted by Gasteiger charge is -2.26. The van der Waals surface area contributed by atoms with Crippen molar-refractivity contribution in [1.82, 2.24) is 24.1 Å². The van der Waals surface area contributed by atoms with Crippen LogP contribution in [-0.2, 0) is 28.9 Å². The molecule has 0 N–H and O–H groups in total. The van der Waals surface area contributed by atoms with Crippen molar-refractivity contribution < 1.29 is 9.53 Å². The Morgan fingerprint density at radius 2 is 1.89 bits per heavy atom. The Morgan fingerprint density at radius 3 is 2.71 bits per heavy atom. The summed E-state index contributed by atoms with van der Waals surface area (Å²) in [6.45, 7) is 2.97. The van der Waals surface area contributed by atoms with Crippen LogP contribution in [0.3, 0.4) is 0 Å². The molecular formula is C25H27N5O3S2. The summed E-state index contributed by atoms with van der Waals surface area (Å²) in [4.78, 5) is 30.5. The van der Waals surface area contributed by atoms with E-state index in [1.807, 2.05) is 39.6 Å². The molecule has 4 heterocycles. The first-order valence-corrected chi connectivity index (χ1v) is 14.0. The topological polar surface area (TPSA) is 81.7 Å². The summed E-state index contributed by atoms with van der Waals surface area (Å²) in [7, 11) is 0. The number of carbonyl (C=O) groups is 1. The SMILES string of the molecule is O=C(CCSc1nnc2n(Cc3ccccc3)c(=O)c3c4c(sc3n12)CCCC4)N1CCOCC1. The van der Waals surface area contributed by atoms with Crippen molar-refractivity contribution in [3.63, 3.8) is 0 Å². The normalized spacial score (nSPS) is 16.2. The first kappa shape index (κ1) is 22.8. The van der Waals surface area contributed by atoms with Crippen LogP contribution in [0.2, 0.25) is 0 Å². The van der Waals surface area contributed by atoms with Crippen molar-refractivity contribution in [2.75, 3.05) is 32.1 Å². The van der Waals surface area contributed by atoms with Crippen LogP contribution in [0.15, 0.2) is 40.3 Å². The van der Waals surface area contributed by atoms with E-state index >= 15 is 0 Å². The summed E-state index contributed by atoms with van der Waals surface area (Å²) in [6, 6.07) is 10.0. The largest absolute Gasteiger partial charge is 0.378 e. The zero-order valence-corrected chi connectivity index (χ0v) is 21.1. The Morgan fingerprint density at radius 1 is 1.09 bits per heavy atom. The lowest BCUT2D eigenvalue weighted by atomic mass is 9.97. The van der Waals surface area contributed by atoms with Crippen molar-refractivity contribution >= 4 is 45.0 Å². The van der Waals surface area contributed by atoms with Crippen LogP contribution in [0.1, 0.15) is 35.3 Å². The number of fused-ring (bicyclic) bond motifs is 5. The number of aromatic nitrogens is 4. The minimum Gasteiger partial charge on any atom is -0.378 e. The predicted octanol–water partition coefficient (Wildman–Crippen LogP) is 3.37. The maximum atomic E-state index is 13.8. The van der Waals surface area contributed by atoms with Gasteiger partial charge < -0.3 is 9.64 Å². The molecule has 1 aromatic carbocycles. The molecule has 0 spiro atoms. The van der Waals surface area contributed by atoms with Crippen molar-refractivity contribution in [3.05, 3.63) is 56.7 Å². The smallest absolute Gasteiger partial charge is 0.264 e. The molecule has 4 aromatic rings. The molecule has 0 unspecified atom stereocenters. The highest BCUT2D eigenvalue weighted by Gasteiger charge is 2.25. The molecule has 1 aliphatic heterocycles. The van der Waals surface area contributed by atoms with Gasteiger partial charge in [-0.3, -0.25) is 14.2 Å². The minimum absolute atomic E-state index is 0.0159. The maximum Gasteiger partial charge on any atom is 0.264 e. The number of hydrogen-bond donors (Lipinski definition) is 0. The standard InChI is InChI=1S/C25H27N5O3S2/c31-20(28-11-13-33-14-12-28)10-15-34-25-27-26-24-29(16-17-6-2-1-3-7-17)22(32)21-18-8-4-5-9-19(18)35-23(21)30(24)25/h1-3,6-7H,4-5,8-16H2. The van der Waals surface area contributed by atoms with Gasteiger partial charge in [0.05, 0.1) is 25.1 Å². The average molecular weight is 510 g/mol. The van der Waals surface area contributed by atoms with Crippen LogP contribution in [-0.4, -0.2) is 62.0 Å². The molecule has 0 radical (unpaired) electrons. The molecule has 1 fully saturated rings. The minimum atomic E-state index is 0.0159. The summed E-state index contributed by atoms with van der Waals surface area (Å²) in [5.41, 5.74) is 2.27. The molecular weight excluding hydrogens is 482 g/mol. The predicted molar refractivity (Wildman–Crippen MR) is 138 cm³/mol.